The van der Waals surface area contributed by atoms with Gasteiger partial charge in [-0.25, -0.2) is 13.2 Å². The van der Waals surface area contributed by atoms with E-state index in [1.54, 1.807) is 20.4 Å². The van der Waals surface area contributed by atoms with Gasteiger partial charge in [-0.2, -0.15) is 0 Å². The van der Waals surface area contributed by atoms with Crippen molar-refractivity contribution in [3.63, 3.8) is 0 Å². The average molecular weight is 264 g/mol. The molecule has 96 valence electrons. The molecule has 0 saturated carbocycles. The minimum absolute atomic E-state index is 0.275. The first-order valence-electron chi connectivity index (χ1n) is 5.37. The second-order valence-electron chi connectivity index (χ2n) is 3.56. The Labute approximate surface area is 99.6 Å². The highest BCUT2D eigenvalue weighted by Gasteiger charge is 2.39. The molecule has 0 aliphatic carbocycles. The van der Waals surface area contributed by atoms with Gasteiger partial charge in [-0.1, -0.05) is 0 Å². The van der Waals surface area contributed by atoms with E-state index in [1.807, 2.05) is 0 Å². The predicted octanol–water partition coefficient (Wildman–Crippen LogP) is 2.46. The van der Waals surface area contributed by atoms with Gasteiger partial charge < -0.3 is 8.85 Å². The van der Waals surface area contributed by atoms with Crippen molar-refractivity contribution in [1.82, 2.24) is 0 Å². The molecular weight excluding hydrogens is 249 g/mol. The largest absolute Gasteiger partial charge is 0.391 e. The van der Waals surface area contributed by atoms with Crippen LogP contribution in [0.25, 0.3) is 0 Å². The molecule has 0 bridgehead atoms. The van der Waals surface area contributed by atoms with Crippen molar-refractivity contribution >= 4 is 13.7 Å². The third kappa shape index (κ3) is 3.08. The monoisotopic (exact) mass is 264 g/mol. The fraction of sp³-hybridized carbons (Fsp3) is 0.455. The van der Waals surface area contributed by atoms with Gasteiger partial charge in [0.25, 0.3) is 0 Å². The molecular formula is C11H15F3O2Si. The SMILES string of the molecule is CCO[Si](C)(OCC)c1c(F)cc(F)cc1F. The van der Waals surface area contributed by atoms with Crippen LogP contribution >= 0.6 is 0 Å². The first kappa shape index (κ1) is 14.2. The van der Waals surface area contributed by atoms with Crippen LogP contribution in [0.3, 0.4) is 0 Å². The van der Waals surface area contributed by atoms with Crippen LogP contribution in [0.2, 0.25) is 6.55 Å². The normalized spacial score (nSPS) is 11.9. The molecule has 0 N–H and O–H groups in total. The van der Waals surface area contributed by atoms with Crippen molar-refractivity contribution in [3.05, 3.63) is 29.6 Å². The minimum Gasteiger partial charge on any atom is -0.391 e. The lowest BCUT2D eigenvalue weighted by Gasteiger charge is -2.26. The standard InChI is InChI=1S/C11H15F3O2Si/c1-4-15-17(3,16-5-2)11-9(13)6-8(12)7-10(11)14/h6-7H,4-5H2,1-3H3. The van der Waals surface area contributed by atoms with Crippen LogP contribution in [-0.4, -0.2) is 21.8 Å². The molecule has 0 radical (unpaired) electrons. The van der Waals surface area contributed by atoms with E-state index in [0.717, 1.165) is 0 Å². The van der Waals surface area contributed by atoms with Gasteiger partial charge in [0.1, 0.15) is 17.5 Å². The zero-order valence-corrected chi connectivity index (χ0v) is 11.0. The maximum absolute atomic E-state index is 13.6. The van der Waals surface area contributed by atoms with Gasteiger partial charge in [0.15, 0.2) is 0 Å². The van der Waals surface area contributed by atoms with Crippen LogP contribution in [0, 0.1) is 17.5 Å². The number of hydrogen-bond donors (Lipinski definition) is 0. The summed E-state index contributed by atoms with van der Waals surface area (Å²) < 4.78 is 50.9. The topological polar surface area (TPSA) is 18.5 Å². The Morgan fingerprint density at radius 1 is 1.00 bits per heavy atom. The van der Waals surface area contributed by atoms with Gasteiger partial charge in [-0.3, -0.25) is 0 Å². The van der Waals surface area contributed by atoms with Gasteiger partial charge in [0.05, 0.1) is 5.19 Å². The summed E-state index contributed by atoms with van der Waals surface area (Å²) in [4.78, 5) is 0. The Morgan fingerprint density at radius 3 is 1.76 bits per heavy atom. The van der Waals surface area contributed by atoms with E-state index in [2.05, 4.69) is 0 Å². The predicted molar refractivity (Wildman–Crippen MR) is 60.8 cm³/mol. The average Bonchev–Trinajstić information content (AvgIpc) is 2.15. The van der Waals surface area contributed by atoms with Crippen molar-refractivity contribution in [2.24, 2.45) is 0 Å². The Morgan fingerprint density at radius 2 is 1.41 bits per heavy atom. The molecule has 0 spiro atoms. The van der Waals surface area contributed by atoms with Crippen LogP contribution < -0.4 is 5.19 Å². The lowest BCUT2D eigenvalue weighted by atomic mass is 10.3. The summed E-state index contributed by atoms with van der Waals surface area (Å²) in [6.45, 7) is 5.52. The number of rotatable bonds is 5. The summed E-state index contributed by atoms with van der Waals surface area (Å²) in [5.74, 6) is -2.87. The fourth-order valence-corrected chi connectivity index (χ4v) is 4.20. The molecule has 6 heteroatoms. The first-order chi connectivity index (χ1) is 7.94. The van der Waals surface area contributed by atoms with Gasteiger partial charge in [0.2, 0.25) is 0 Å². The lowest BCUT2D eigenvalue weighted by Crippen LogP contribution is -2.54. The van der Waals surface area contributed by atoms with Crippen LogP contribution in [0.4, 0.5) is 13.2 Å². The summed E-state index contributed by atoms with van der Waals surface area (Å²) in [6, 6.07) is 1.28. The molecule has 1 rings (SSSR count). The summed E-state index contributed by atoms with van der Waals surface area (Å²) in [5.41, 5.74) is 0. The van der Waals surface area contributed by atoms with Crippen molar-refractivity contribution in [3.8, 4) is 0 Å². The van der Waals surface area contributed by atoms with E-state index >= 15 is 0 Å². The molecule has 0 aromatic heterocycles. The second-order valence-corrected chi connectivity index (χ2v) is 6.52. The lowest BCUT2D eigenvalue weighted by molar-refractivity contribution is 0.200. The van der Waals surface area contributed by atoms with E-state index in [1.165, 1.54) is 0 Å². The maximum Gasteiger partial charge on any atom is 0.375 e. The highest BCUT2D eigenvalue weighted by molar-refractivity contribution is 6.80. The van der Waals surface area contributed by atoms with Crippen molar-refractivity contribution < 1.29 is 22.0 Å². The molecule has 0 saturated heterocycles. The maximum atomic E-state index is 13.6. The molecule has 17 heavy (non-hydrogen) atoms. The number of halogens is 3. The van der Waals surface area contributed by atoms with E-state index in [4.69, 9.17) is 8.85 Å². The van der Waals surface area contributed by atoms with Crippen molar-refractivity contribution in [2.75, 3.05) is 13.2 Å². The van der Waals surface area contributed by atoms with Gasteiger partial charge >= 0.3 is 8.56 Å². The third-order valence-corrected chi connectivity index (χ3v) is 5.37. The van der Waals surface area contributed by atoms with Crippen LogP contribution in [0.5, 0.6) is 0 Å². The van der Waals surface area contributed by atoms with E-state index < -0.39 is 26.0 Å². The first-order valence-corrected chi connectivity index (χ1v) is 7.69. The highest BCUT2D eigenvalue weighted by Crippen LogP contribution is 2.14. The quantitative estimate of drug-likeness (QED) is 0.761. The fourth-order valence-electron chi connectivity index (χ4n) is 1.71. The van der Waals surface area contributed by atoms with Gasteiger partial charge in [-0.05, 0) is 20.4 Å². The molecule has 0 unspecified atom stereocenters. The molecule has 0 fully saturated rings. The number of benzene rings is 1. The van der Waals surface area contributed by atoms with Gasteiger partial charge in [-0.15, -0.1) is 0 Å². The number of hydrogen-bond acceptors (Lipinski definition) is 2. The molecule has 0 amide bonds. The summed E-state index contributed by atoms with van der Waals surface area (Å²) in [6.07, 6.45) is 0. The molecule has 2 nitrogen and oxygen atoms in total. The Balaban J connectivity index is 3.27. The summed E-state index contributed by atoms with van der Waals surface area (Å²) >= 11 is 0. The Kier molecular flexibility index (Phi) is 4.73. The second kappa shape index (κ2) is 5.66. The van der Waals surface area contributed by atoms with Crippen LogP contribution in [-0.2, 0) is 8.85 Å². The third-order valence-electron chi connectivity index (χ3n) is 2.30. The van der Waals surface area contributed by atoms with Crippen molar-refractivity contribution in [2.45, 2.75) is 20.4 Å². The Bertz CT molecular complexity index is 369. The van der Waals surface area contributed by atoms with Crippen LogP contribution in [0.15, 0.2) is 12.1 Å². The van der Waals surface area contributed by atoms with E-state index in [9.17, 15) is 13.2 Å². The molecule has 0 heterocycles. The van der Waals surface area contributed by atoms with E-state index in [-0.39, 0.29) is 18.4 Å². The van der Waals surface area contributed by atoms with E-state index in [0.29, 0.717) is 12.1 Å². The zero-order chi connectivity index (χ0) is 13.1. The molecule has 1 aromatic rings. The Hall–Kier alpha value is -0.853. The molecule has 0 aliphatic rings. The van der Waals surface area contributed by atoms with Gasteiger partial charge in [0, 0.05) is 25.3 Å². The highest BCUT2D eigenvalue weighted by atomic mass is 28.4. The summed E-state index contributed by atoms with van der Waals surface area (Å²) in [7, 11) is -3.15. The molecule has 0 aliphatic heterocycles. The smallest absolute Gasteiger partial charge is 0.375 e. The van der Waals surface area contributed by atoms with Crippen molar-refractivity contribution in [1.29, 1.82) is 0 Å². The summed E-state index contributed by atoms with van der Waals surface area (Å²) in [5, 5.41) is -0.275. The molecule has 0 atom stereocenters. The molecule has 1 aromatic carbocycles. The minimum atomic E-state index is -3.15. The van der Waals surface area contributed by atoms with Crippen LogP contribution in [0.1, 0.15) is 13.8 Å². The zero-order valence-electron chi connectivity index (χ0n) is 10.0.